The molecule has 150 valence electrons. The molecule has 0 atom stereocenters. The van der Waals surface area contributed by atoms with Gasteiger partial charge >= 0.3 is 0 Å². The minimum absolute atomic E-state index is 0.634. The fraction of sp³-hybridized carbons (Fsp3) is 0.364. The number of hydrogen-bond donors (Lipinski definition) is 0. The van der Waals surface area contributed by atoms with E-state index < -0.39 is 0 Å². The van der Waals surface area contributed by atoms with Crippen molar-refractivity contribution in [3.05, 3.63) is 53.3 Å². The Morgan fingerprint density at radius 2 is 1.83 bits per heavy atom. The Kier molecular flexibility index (Phi) is 5.29. The highest BCUT2D eigenvalue weighted by molar-refractivity contribution is 5.77. The lowest BCUT2D eigenvalue weighted by Crippen LogP contribution is -2.03. The third-order valence-corrected chi connectivity index (χ3v) is 5.19. The monoisotopic (exact) mass is 390 g/mol. The van der Waals surface area contributed by atoms with Crippen molar-refractivity contribution >= 4 is 11.0 Å². The molecule has 7 nitrogen and oxygen atoms in total. The Bertz CT molecular complexity index is 1120. The molecule has 0 aliphatic heterocycles. The van der Waals surface area contributed by atoms with E-state index in [9.17, 15) is 0 Å². The fourth-order valence-electron chi connectivity index (χ4n) is 3.74. The summed E-state index contributed by atoms with van der Waals surface area (Å²) >= 11 is 0. The maximum absolute atomic E-state index is 6.11. The summed E-state index contributed by atoms with van der Waals surface area (Å²) in [5, 5.41) is 13.5. The molecule has 4 aromatic rings. The molecule has 0 saturated heterocycles. The van der Waals surface area contributed by atoms with Gasteiger partial charge in [0, 0.05) is 29.9 Å². The summed E-state index contributed by atoms with van der Waals surface area (Å²) in [6, 6.07) is 10.4. The van der Waals surface area contributed by atoms with Gasteiger partial charge in [-0.2, -0.15) is 4.80 Å². The average molecular weight is 390 g/mol. The van der Waals surface area contributed by atoms with E-state index in [0.717, 1.165) is 47.3 Å². The van der Waals surface area contributed by atoms with E-state index in [4.69, 9.17) is 4.74 Å². The zero-order valence-electron chi connectivity index (χ0n) is 17.4. The number of benzene rings is 1. The first kappa shape index (κ1) is 19.1. The van der Waals surface area contributed by atoms with Crippen molar-refractivity contribution in [3.8, 4) is 17.1 Å². The molecule has 0 unspecified atom stereocenters. The van der Waals surface area contributed by atoms with Gasteiger partial charge in [0.05, 0.1) is 13.7 Å². The Hall–Kier alpha value is -3.22. The summed E-state index contributed by atoms with van der Waals surface area (Å²) in [6.07, 6.45) is 4.94. The second-order valence-corrected chi connectivity index (χ2v) is 7.46. The molecular weight excluding hydrogens is 364 g/mol. The topological polar surface area (TPSA) is 70.7 Å². The van der Waals surface area contributed by atoms with Crippen LogP contribution in [0.5, 0.6) is 5.75 Å². The highest BCUT2D eigenvalue weighted by atomic mass is 16.5. The van der Waals surface area contributed by atoms with Gasteiger partial charge in [0.1, 0.15) is 11.4 Å². The molecule has 1 aromatic carbocycles. The van der Waals surface area contributed by atoms with E-state index in [0.29, 0.717) is 12.4 Å². The zero-order chi connectivity index (χ0) is 20.4. The number of fused-ring (bicyclic) bond motifs is 1. The standard InChI is InChI=1S/C22H26N6O/c1-15-12-18(21-24-26-28(4)25-21)13-16(2)20(15)29-11-6-5-9-19-14-17-8-7-10-23-22(17)27(19)3/h7-8,10,12-14H,5-6,9,11H2,1-4H3. The van der Waals surface area contributed by atoms with E-state index in [1.807, 2.05) is 12.3 Å². The molecule has 7 heteroatoms. The quantitative estimate of drug-likeness (QED) is 0.449. The number of aryl methyl sites for hydroxylation is 5. The van der Waals surface area contributed by atoms with Gasteiger partial charge in [-0.15, -0.1) is 10.2 Å². The van der Waals surface area contributed by atoms with Crippen molar-refractivity contribution in [2.24, 2.45) is 14.1 Å². The van der Waals surface area contributed by atoms with Gasteiger partial charge in [-0.05, 0) is 79.8 Å². The second-order valence-electron chi connectivity index (χ2n) is 7.46. The molecule has 0 spiro atoms. The molecule has 0 bridgehead atoms. The smallest absolute Gasteiger partial charge is 0.204 e. The third-order valence-electron chi connectivity index (χ3n) is 5.19. The average Bonchev–Trinajstić information content (AvgIpc) is 3.27. The molecule has 0 aliphatic carbocycles. The molecule has 0 radical (unpaired) electrons. The minimum atomic E-state index is 0.634. The molecule has 0 saturated carbocycles. The normalized spacial score (nSPS) is 11.3. The van der Waals surface area contributed by atoms with Crippen molar-refractivity contribution in [1.29, 1.82) is 0 Å². The van der Waals surface area contributed by atoms with E-state index in [1.54, 1.807) is 7.05 Å². The van der Waals surface area contributed by atoms with Crippen molar-refractivity contribution in [1.82, 2.24) is 29.8 Å². The molecule has 0 fully saturated rings. The maximum Gasteiger partial charge on any atom is 0.204 e. The Balaban J connectivity index is 1.34. The number of nitrogens with zero attached hydrogens (tertiary/aromatic N) is 6. The lowest BCUT2D eigenvalue weighted by Gasteiger charge is -2.13. The molecule has 0 N–H and O–H groups in total. The van der Waals surface area contributed by atoms with Gasteiger partial charge in [-0.3, -0.25) is 0 Å². The molecule has 29 heavy (non-hydrogen) atoms. The second kappa shape index (κ2) is 8.03. The largest absolute Gasteiger partial charge is 0.493 e. The number of rotatable bonds is 7. The van der Waals surface area contributed by atoms with Crippen LogP contribution in [0.25, 0.3) is 22.4 Å². The predicted molar refractivity (Wildman–Crippen MR) is 113 cm³/mol. The van der Waals surface area contributed by atoms with Gasteiger partial charge in [0.15, 0.2) is 0 Å². The van der Waals surface area contributed by atoms with Crippen LogP contribution in [0.15, 0.2) is 36.5 Å². The van der Waals surface area contributed by atoms with Crippen LogP contribution in [0.4, 0.5) is 0 Å². The summed E-state index contributed by atoms with van der Waals surface area (Å²) in [5.41, 5.74) is 5.50. The van der Waals surface area contributed by atoms with Crippen LogP contribution in [0.3, 0.4) is 0 Å². The number of unbranched alkanes of at least 4 members (excludes halogenated alkanes) is 1. The molecule has 3 heterocycles. The van der Waals surface area contributed by atoms with Gasteiger partial charge in [-0.25, -0.2) is 4.98 Å². The van der Waals surface area contributed by atoms with Crippen molar-refractivity contribution in [2.75, 3.05) is 6.61 Å². The van der Waals surface area contributed by atoms with Crippen LogP contribution in [-0.4, -0.2) is 36.4 Å². The number of aromatic nitrogens is 6. The van der Waals surface area contributed by atoms with Gasteiger partial charge in [0.2, 0.25) is 5.82 Å². The maximum atomic E-state index is 6.11. The highest BCUT2D eigenvalue weighted by Crippen LogP contribution is 2.28. The first-order valence-corrected chi connectivity index (χ1v) is 9.90. The molecular formula is C22H26N6O. The SMILES string of the molecule is Cc1cc(-c2nnn(C)n2)cc(C)c1OCCCCc1cc2cccnc2n1C. The van der Waals surface area contributed by atoms with E-state index in [1.165, 1.54) is 15.9 Å². The van der Waals surface area contributed by atoms with Gasteiger partial charge < -0.3 is 9.30 Å². The Morgan fingerprint density at radius 3 is 2.52 bits per heavy atom. The summed E-state index contributed by atoms with van der Waals surface area (Å²) < 4.78 is 8.29. The van der Waals surface area contributed by atoms with Gasteiger partial charge in [-0.1, -0.05) is 0 Å². The molecule has 4 rings (SSSR count). The van der Waals surface area contributed by atoms with E-state index in [2.05, 4.69) is 70.1 Å². The summed E-state index contributed by atoms with van der Waals surface area (Å²) in [5.74, 6) is 1.58. The molecule has 0 amide bonds. The number of pyridine rings is 1. The van der Waals surface area contributed by atoms with Crippen molar-refractivity contribution in [2.45, 2.75) is 33.1 Å². The Labute approximate surface area is 170 Å². The van der Waals surface area contributed by atoms with Crippen LogP contribution in [0, 0.1) is 13.8 Å². The molecule has 3 aromatic heterocycles. The number of ether oxygens (including phenoxy) is 1. The zero-order valence-corrected chi connectivity index (χ0v) is 17.4. The summed E-state index contributed by atoms with van der Waals surface area (Å²) in [7, 11) is 3.85. The Morgan fingerprint density at radius 1 is 1.03 bits per heavy atom. The number of hydrogen-bond acceptors (Lipinski definition) is 5. The van der Waals surface area contributed by atoms with Crippen LogP contribution < -0.4 is 4.74 Å². The minimum Gasteiger partial charge on any atom is -0.493 e. The predicted octanol–water partition coefficient (Wildman–Crippen LogP) is 3.78. The summed E-state index contributed by atoms with van der Waals surface area (Å²) in [4.78, 5) is 5.93. The van der Waals surface area contributed by atoms with Crippen molar-refractivity contribution < 1.29 is 4.74 Å². The third kappa shape index (κ3) is 3.99. The first-order valence-electron chi connectivity index (χ1n) is 9.90. The van der Waals surface area contributed by atoms with Gasteiger partial charge in [0.25, 0.3) is 0 Å². The highest BCUT2D eigenvalue weighted by Gasteiger charge is 2.11. The fourth-order valence-corrected chi connectivity index (χ4v) is 3.74. The molecule has 0 aliphatic rings. The first-order chi connectivity index (χ1) is 14.0. The lowest BCUT2D eigenvalue weighted by atomic mass is 10.1. The number of tetrazole rings is 1. The van der Waals surface area contributed by atoms with E-state index in [-0.39, 0.29) is 0 Å². The van der Waals surface area contributed by atoms with Crippen molar-refractivity contribution in [3.63, 3.8) is 0 Å². The van der Waals surface area contributed by atoms with Crippen LogP contribution in [-0.2, 0) is 20.5 Å². The summed E-state index contributed by atoms with van der Waals surface area (Å²) in [6.45, 7) is 4.82. The van der Waals surface area contributed by atoms with E-state index >= 15 is 0 Å². The van der Waals surface area contributed by atoms with Crippen LogP contribution in [0.1, 0.15) is 29.7 Å². The van der Waals surface area contributed by atoms with Crippen LogP contribution >= 0.6 is 0 Å². The lowest BCUT2D eigenvalue weighted by molar-refractivity contribution is 0.302. The van der Waals surface area contributed by atoms with Crippen LogP contribution in [0.2, 0.25) is 0 Å².